The van der Waals surface area contributed by atoms with E-state index in [1.54, 1.807) is 39.2 Å². The molecule has 0 saturated heterocycles. The average Bonchev–Trinajstić information content (AvgIpc) is 2.81. The lowest BCUT2D eigenvalue weighted by Gasteiger charge is -2.41. The topological polar surface area (TPSA) is 66.2 Å². The average molecular weight is 480 g/mol. The molecule has 0 amide bonds. The zero-order valence-corrected chi connectivity index (χ0v) is 22.3. The number of allylic oxidation sites excluding steroid dienone is 4. The van der Waals surface area contributed by atoms with Crippen LogP contribution in [0.1, 0.15) is 52.2 Å². The van der Waals surface area contributed by atoms with Crippen molar-refractivity contribution in [2.75, 3.05) is 21.3 Å². The first-order valence-corrected chi connectivity index (χ1v) is 11.5. The molecule has 0 radical (unpaired) electrons. The molecule has 0 aliphatic heterocycles. The van der Waals surface area contributed by atoms with Crippen LogP contribution in [0.2, 0.25) is 0 Å². The SMILES string of the molecule is [C-]#[N+]C1=C[C@](C)(/C=C/C(=O)C(C)(C)C(/C=C/c2ccc(C)c(OC)c2)(OC)OC)CC(C)(C)C1=O. The van der Waals surface area contributed by atoms with Crippen LogP contribution in [0.3, 0.4) is 0 Å². The molecule has 2 rings (SSSR count). The molecule has 1 aliphatic carbocycles. The van der Waals surface area contributed by atoms with Crippen LogP contribution in [0.25, 0.3) is 10.9 Å². The standard InChI is InChI=1S/C29H37NO5/c1-20-11-12-21(17-23(20)33-8)13-16-29(34-9,35-10)27(4,5)24(31)14-15-28(6)18-22(30-7)25(32)26(2,3)19-28/h11-18H,19H2,1-6,8-10H3/b15-14+,16-13+/t28-/m0/s1. The zero-order chi connectivity index (χ0) is 26.7. The highest BCUT2D eigenvalue weighted by molar-refractivity contribution is 6.02. The van der Waals surface area contributed by atoms with Crippen molar-refractivity contribution in [3.05, 3.63) is 70.7 Å². The molecule has 0 unspecified atom stereocenters. The number of ether oxygens (including phenoxy) is 3. The summed E-state index contributed by atoms with van der Waals surface area (Å²) < 4.78 is 17.0. The van der Waals surface area contributed by atoms with Crippen molar-refractivity contribution in [2.45, 2.75) is 53.8 Å². The summed E-state index contributed by atoms with van der Waals surface area (Å²) in [5, 5.41) is 0. The molecule has 0 N–H and O–H groups in total. The second-order valence-electron chi connectivity index (χ2n) is 10.5. The fraction of sp³-hybridized carbons (Fsp3) is 0.483. The lowest BCUT2D eigenvalue weighted by molar-refractivity contribution is -0.227. The molecule has 6 heteroatoms. The number of hydrogen-bond acceptors (Lipinski definition) is 5. The Labute approximate surface area is 209 Å². The van der Waals surface area contributed by atoms with Crippen LogP contribution in [0.4, 0.5) is 0 Å². The van der Waals surface area contributed by atoms with Gasteiger partial charge in [-0.2, -0.15) is 0 Å². The maximum atomic E-state index is 13.5. The Morgan fingerprint density at radius 2 is 1.77 bits per heavy atom. The Bertz CT molecular complexity index is 1110. The molecule has 0 fully saturated rings. The lowest BCUT2D eigenvalue weighted by Crippen LogP contribution is -2.50. The van der Waals surface area contributed by atoms with E-state index in [9.17, 15) is 9.59 Å². The molecule has 1 aromatic rings. The predicted octanol–water partition coefficient (Wildman–Crippen LogP) is 5.97. The van der Waals surface area contributed by atoms with Gasteiger partial charge in [-0.25, -0.2) is 4.85 Å². The van der Waals surface area contributed by atoms with E-state index in [4.69, 9.17) is 20.8 Å². The molecule has 1 aromatic carbocycles. The van der Waals surface area contributed by atoms with E-state index in [1.807, 2.05) is 52.0 Å². The number of ketones is 2. The highest BCUT2D eigenvalue weighted by atomic mass is 16.7. The summed E-state index contributed by atoms with van der Waals surface area (Å²) in [7, 11) is 4.63. The van der Waals surface area contributed by atoms with Crippen molar-refractivity contribution in [2.24, 2.45) is 16.2 Å². The van der Waals surface area contributed by atoms with Crippen LogP contribution < -0.4 is 4.74 Å². The van der Waals surface area contributed by atoms with Gasteiger partial charge in [0.2, 0.25) is 5.70 Å². The number of Topliss-reactive ketones (excluding diaryl/α,β-unsaturated/α-hetero) is 1. The van der Waals surface area contributed by atoms with E-state index < -0.39 is 22.0 Å². The van der Waals surface area contributed by atoms with Crippen molar-refractivity contribution in [1.29, 1.82) is 0 Å². The number of carbonyl (C=O) groups is 2. The van der Waals surface area contributed by atoms with Gasteiger partial charge >= 0.3 is 0 Å². The summed E-state index contributed by atoms with van der Waals surface area (Å²) in [6, 6.07) is 5.82. The van der Waals surface area contributed by atoms with Crippen LogP contribution in [0.5, 0.6) is 5.75 Å². The third-order valence-corrected chi connectivity index (χ3v) is 6.89. The molecule has 0 bridgehead atoms. The third kappa shape index (κ3) is 5.63. The Kier molecular flexibility index (Phi) is 8.32. The summed E-state index contributed by atoms with van der Waals surface area (Å²) in [5.41, 5.74) is -0.386. The largest absolute Gasteiger partial charge is 0.496 e. The van der Waals surface area contributed by atoms with Gasteiger partial charge < -0.3 is 19.0 Å². The summed E-state index contributed by atoms with van der Waals surface area (Å²) in [6.45, 7) is 18.5. The molecule has 1 aliphatic rings. The predicted molar refractivity (Wildman–Crippen MR) is 138 cm³/mol. The van der Waals surface area contributed by atoms with Gasteiger partial charge in [-0.15, -0.1) is 0 Å². The number of benzene rings is 1. The summed E-state index contributed by atoms with van der Waals surface area (Å²) in [6.07, 6.45) is 9.03. The summed E-state index contributed by atoms with van der Waals surface area (Å²) in [5.74, 6) is -0.950. The van der Waals surface area contributed by atoms with Crippen molar-refractivity contribution >= 4 is 17.6 Å². The van der Waals surface area contributed by atoms with Crippen LogP contribution in [-0.4, -0.2) is 38.7 Å². The normalized spacial score (nSPS) is 20.7. The molecule has 0 aromatic heterocycles. The summed E-state index contributed by atoms with van der Waals surface area (Å²) >= 11 is 0. The van der Waals surface area contributed by atoms with E-state index in [-0.39, 0.29) is 17.3 Å². The van der Waals surface area contributed by atoms with Crippen LogP contribution in [-0.2, 0) is 19.1 Å². The first-order valence-electron chi connectivity index (χ1n) is 11.5. The molecule has 35 heavy (non-hydrogen) atoms. The minimum Gasteiger partial charge on any atom is -0.496 e. The minimum absolute atomic E-state index is 0.111. The molecular weight excluding hydrogens is 442 g/mol. The highest BCUT2D eigenvalue weighted by Crippen LogP contribution is 2.45. The Hall–Kier alpha value is -3.01. The van der Waals surface area contributed by atoms with E-state index in [0.717, 1.165) is 16.9 Å². The number of carbonyl (C=O) groups excluding carboxylic acids is 2. The van der Waals surface area contributed by atoms with Crippen LogP contribution in [0, 0.1) is 29.7 Å². The van der Waals surface area contributed by atoms with Gasteiger partial charge in [0.05, 0.1) is 19.1 Å². The van der Waals surface area contributed by atoms with Crippen molar-refractivity contribution in [3.63, 3.8) is 0 Å². The number of hydrogen-bond donors (Lipinski definition) is 0. The van der Waals surface area contributed by atoms with E-state index in [0.29, 0.717) is 6.42 Å². The Balaban J connectivity index is 2.40. The van der Waals surface area contributed by atoms with Crippen LogP contribution in [0.15, 0.2) is 48.2 Å². The van der Waals surface area contributed by atoms with Gasteiger partial charge in [-0.1, -0.05) is 51.1 Å². The first kappa shape index (κ1) is 28.2. The number of rotatable bonds is 9. The molecule has 188 valence electrons. The fourth-order valence-corrected chi connectivity index (χ4v) is 4.73. The van der Waals surface area contributed by atoms with Gasteiger partial charge in [-0.05, 0) is 62.0 Å². The van der Waals surface area contributed by atoms with E-state index >= 15 is 0 Å². The highest BCUT2D eigenvalue weighted by Gasteiger charge is 2.49. The van der Waals surface area contributed by atoms with Gasteiger partial charge in [-0.3, -0.25) is 4.79 Å². The Morgan fingerprint density at radius 3 is 2.31 bits per heavy atom. The molecular formula is C29H37NO5. The molecule has 0 saturated carbocycles. The van der Waals surface area contributed by atoms with Crippen molar-refractivity contribution in [1.82, 2.24) is 0 Å². The number of aryl methyl sites for hydroxylation is 1. The molecule has 6 nitrogen and oxygen atoms in total. The van der Waals surface area contributed by atoms with Gasteiger partial charge in [0.15, 0.2) is 17.4 Å². The number of methoxy groups -OCH3 is 3. The fourth-order valence-electron chi connectivity index (χ4n) is 4.73. The van der Waals surface area contributed by atoms with Gasteiger partial charge in [0.25, 0.3) is 0 Å². The van der Waals surface area contributed by atoms with Gasteiger partial charge in [0.1, 0.15) is 5.75 Å². The smallest absolute Gasteiger partial charge is 0.226 e. The minimum atomic E-state index is -1.34. The maximum absolute atomic E-state index is 13.5. The zero-order valence-electron chi connectivity index (χ0n) is 22.3. The maximum Gasteiger partial charge on any atom is 0.226 e. The molecule has 1 atom stereocenters. The second-order valence-corrected chi connectivity index (χ2v) is 10.5. The first-order chi connectivity index (χ1) is 16.2. The van der Waals surface area contributed by atoms with Crippen LogP contribution >= 0.6 is 0 Å². The Morgan fingerprint density at radius 1 is 1.14 bits per heavy atom. The summed E-state index contributed by atoms with van der Waals surface area (Å²) in [4.78, 5) is 29.4. The second kappa shape index (κ2) is 10.3. The lowest BCUT2D eigenvalue weighted by atomic mass is 9.66. The van der Waals surface area contributed by atoms with E-state index in [1.165, 1.54) is 20.3 Å². The quantitative estimate of drug-likeness (QED) is 0.248. The van der Waals surface area contributed by atoms with E-state index in [2.05, 4.69) is 4.85 Å². The third-order valence-electron chi connectivity index (χ3n) is 6.89. The molecule has 0 heterocycles. The number of nitrogens with zero attached hydrogens (tertiary/aromatic N) is 1. The molecule has 0 spiro atoms. The van der Waals surface area contributed by atoms with Crippen molar-refractivity contribution < 1.29 is 23.8 Å². The van der Waals surface area contributed by atoms with Crippen molar-refractivity contribution in [3.8, 4) is 5.75 Å². The van der Waals surface area contributed by atoms with Gasteiger partial charge in [0, 0.05) is 19.6 Å². The monoisotopic (exact) mass is 479 g/mol.